The summed E-state index contributed by atoms with van der Waals surface area (Å²) in [4.78, 5) is 0. The third kappa shape index (κ3) is 6.04. The summed E-state index contributed by atoms with van der Waals surface area (Å²) in [6.07, 6.45) is 2.93. The fraction of sp³-hybridized carbons (Fsp3) is 0.429. The smallest absolute Gasteiger partial charge is 0.147 e. The van der Waals surface area contributed by atoms with Crippen LogP contribution in [0.2, 0.25) is 0 Å². The van der Waals surface area contributed by atoms with Crippen molar-refractivity contribution in [2.24, 2.45) is 5.73 Å². The molecule has 0 amide bonds. The Kier molecular flexibility index (Phi) is 8.18. The number of anilines is 1. The van der Waals surface area contributed by atoms with Gasteiger partial charge in [-0.15, -0.1) is 12.4 Å². The number of benzene rings is 1. The van der Waals surface area contributed by atoms with E-state index in [2.05, 4.69) is 37.9 Å². The molecule has 1 aromatic rings. The molecule has 0 aliphatic carbocycles. The van der Waals surface area contributed by atoms with Crippen LogP contribution in [0.25, 0.3) is 0 Å². The number of hydrogen-bond acceptors (Lipinski definition) is 3. The zero-order valence-corrected chi connectivity index (χ0v) is 15.9. The SMILES string of the molecule is CC(=CCCOc1c(Br)cc(N)cc1Br)C(C)(C)N.Cl. The van der Waals surface area contributed by atoms with Gasteiger partial charge in [0, 0.05) is 11.2 Å². The van der Waals surface area contributed by atoms with Crippen LogP contribution in [-0.4, -0.2) is 12.1 Å². The normalized spacial score (nSPS) is 12.0. The molecule has 0 unspecified atom stereocenters. The summed E-state index contributed by atoms with van der Waals surface area (Å²) in [6.45, 7) is 6.61. The average Bonchev–Trinajstić information content (AvgIpc) is 2.24. The highest BCUT2D eigenvalue weighted by Gasteiger charge is 2.12. The van der Waals surface area contributed by atoms with Gasteiger partial charge in [-0.2, -0.15) is 0 Å². The van der Waals surface area contributed by atoms with Gasteiger partial charge in [-0.1, -0.05) is 11.6 Å². The molecule has 0 aliphatic rings. The first-order valence-electron chi connectivity index (χ1n) is 6.05. The predicted octanol–water partition coefficient (Wildman–Crippen LogP) is 4.67. The van der Waals surface area contributed by atoms with Crippen LogP contribution in [0.5, 0.6) is 5.75 Å². The van der Waals surface area contributed by atoms with Crippen molar-refractivity contribution in [2.75, 3.05) is 12.3 Å². The van der Waals surface area contributed by atoms with Gasteiger partial charge >= 0.3 is 0 Å². The summed E-state index contributed by atoms with van der Waals surface area (Å²) in [6, 6.07) is 3.65. The summed E-state index contributed by atoms with van der Waals surface area (Å²) >= 11 is 6.88. The first-order chi connectivity index (χ1) is 8.71. The maximum Gasteiger partial charge on any atom is 0.147 e. The van der Waals surface area contributed by atoms with E-state index in [-0.39, 0.29) is 17.9 Å². The lowest BCUT2D eigenvalue weighted by atomic mass is 9.96. The molecule has 0 aliphatic heterocycles. The molecule has 0 bridgehead atoms. The van der Waals surface area contributed by atoms with Crippen LogP contribution in [0.15, 0.2) is 32.7 Å². The Bertz CT molecular complexity index is 462. The molecule has 4 N–H and O–H groups in total. The first kappa shape index (κ1) is 19.8. The second kappa shape index (κ2) is 8.27. The van der Waals surface area contributed by atoms with Gasteiger partial charge < -0.3 is 16.2 Å². The lowest BCUT2D eigenvalue weighted by Gasteiger charge is -2.19. The zero-order chi connectivity index (χ0) is 14.6. The summed E-state index contributed by atoms with van der Waals surface area (Å²) in [5, 5.41) is 0. The van der Waals surface area contributed by atoms with E-state index in [0.717, 1.165) is 26.7 Å². The van der Waals surface area contributed by atoms with Crippen LogP contribution >= 0.6 is 44.3 Å². The molecular weight excluding hydrogens is 407 g/mol. The topological polar surface area (TPSA) is 61.3 Å². The van der Waals surface area contributed by atoms with Gasteiger partial charge in [-0.25, -0.2) is 0 Å². The Morgan fingerprint density at radius 2 is 1.80 bits per heavy atom. The quantitative estimate of drug-likeness (QED) is 0.407. The van der Waals surface area contributed by atoms with Crippen molar-refractivity contribution >= 4 is 50.0 Å². The second-order valence-corrected chi connectivity index (χ2v) is 6.77. The standard InChI is InChI=1S/C14H20Br2N2O.ClH/c1-9(14(2,3)18)5-4-6-19-13-11(15)7-10(17)8-12(13)16;/h5,7-8H,4,6,17-18H2,1-3H3;1H. The van der Waals surface area contributed by atoms with Gasteiger partial charge in [0.1, 0.15) is 5.75 Å². The van der Waals surface area contributed by atoms with Gasteiger partial charge in [0.25, 0.3) is 0 Å². The number of ether oxygens (including phenoxy) is 1. The molecular formula is C14H21Br2ClN2O. The molecule has 0 fully saturated rings. The fourth-order valence-electron chi connectivity index (χ4n) is 1.42. The lowest BCUT2D eigenvalue weighted by Crippen LogP contribution is -2.33. The van der Waals surface area contributed by atoms with Crippen molar-refractivity contribution in [1.82, 2.24) is 0 Å². The molecule has 6 heteroatoms. The average molecular weight is 429 g/mol. The number of rotatable bonds is 5. The number of nitrogens with two attached hydrogens (primary N) is 2. The number of nitrogen functional groups attached to an aromatic ring is 1. The van der Waals surface area contributed by atoms with Crippen molar-refractivity contribution in [3.05, 3.63) is 32.7 Å². The largest absolute Gasteiger partial charge is 0.491 e. The summed E-state index contributed by atoms with van der Waals surface area (Å²) in [7, 11) is 0. The van der Waals surface area contributed by atoms with E-state index in [1.54, 1.807) is 0 Å². The van der Waals surface area contributed by atoms with Gasteiger partial charge in [0.15, 0.2) is 0 Å². The summed E-state index contributed by atoms with van der Waals surface area (Å²) < 4.78 is 7.44. The Morgan fingerprint density at radius 1 is 1.30 bits per heavy atom. The monoisotopic (exact) mass is 426 g/mol. The van der Waals surface area contributed by atoms with Gasteiger partial charge in [0.05, 0.1) is 15.6 Å². The molecule has 0 heterocycles. The highest BCUT2D eigenvalue weighted by atomic mass is 79.9. The Hall–Kier alpha value is -0.230. The molecule has 20 heavy (non-hydrogen) atoms. The second-order valence-electron chi connectivity index (χ2n) is 5.06. The Morgan fingerprint density at radius 3 is 2.25 bits per heavy atom. The molecule has 1 aromatic carbocycles. The third-order valence-corrected chi connectivity index (χ3v) is 4.03. The van der Waals surface area contributed by atoms with E-state index in [1.165, 1.54) is 0 Å². The molecule has 3 nitrogen and oxygen atoms in total. The molecule has 0 saturated carbocycles. The number of hydrogen-bond donors (Lipinski definition) is 2. The molecule has 0 atom stereocenters. The minimum Gasteiger partial charge on any atom is -0.491 e. The molecule has 114 valence electrons. The summed E-state index contributed by atoms with van der Waals surface area (Å²) in [5.74, 6) is 0.771. The molecule has 0 radical (unpaired) electrons. The van der Waals surface area contributed by atoms with E-state index in [4.69, 9.17) is 16.2 Å². The lowest BCUT2D eigenvalue weighted by molar-refractivity contribution is 0.320. The van der Waals surface area contributed by atoms with Crippen molar-refractivity contribution in [1.29, 1.82) is 0 Å². The highest BCUT2D eigenvalue weighted by Crippen LogP contribution is 2.35. The van der Waals surface area contributed by atoms with Gasteiger partial charge in [-0.3, -0.25) is 0 Å². The van der Waals surface area contributed by atoms with E-state index < -0.39 is 0 Å². The Balaban J connectivity index is 0.00000361. The van der Waals surface area contributed by atoms with Crippen molar-refractivity contribution in [3.63, 3.8) is 0 Å². The predicted molar refractivity (Wildman–Crippen MR) is 95.6 cm³/mol. The van der Waals surface area contributed by atoms with Crippen LogP contribution in [0.1, 0.15) is 27.2 Å². The molecule has 0 aromatic heterocycles. The van der Waals surface area contributed by atoms with Crippen LogP contribution in [0.3, 0.4) is 0 Å². The molecule has 1 rings (SSSR count). The molecule has 0 spiro atoms. The maximum atomic E-state index is 6.00. The number of halogens is 3. The zero-order valence-electron chi connectivity index (χ0n) is 11.9. The highest BCUT2D eigenvalue weighted by molar-refractivity contribution is 9.11. The third-order valence-electron chi connectivity index (χ3n) is 2.85. The van der Waals surface area contributed by atoms with Crippen LogP contribution < -0.4 is 16.2 Å². The van der Waals surface area contributed by atoms with Crippen molar-refractivity contribution in [2.45, 2.75) is 32.7 Å². The van der Waals surface area contributed by atoms with Gasteiger partial charge in [0.2, 0.25) is 0 Å². The van der Waals surface area contributed by atoms with Crippen molar-refractivity contribution < 1.29 is 4.74 Å². The van der Waals surface area contributed by atoms with Crippen LogP contribution in [0.4, 0.5) is 5.69 Å². The maximum absolute atomic E-state index is 6.00. The van der Waals surface area contributed by atoms with E-state index >= 15 is 0 Å². The van der Waals surface area contributed by atoms with Crippen LogP contribution in [-0.2, 0) is 0 Å². The van der Waals surface area contributed by atoms with E-state index in [1.807, 2.05) is 32.9 Å². The van der Waals surface area contributed by atoms with Gasteiger partial charge in [-0.05, 0) is 71.2 Å². The van der Waals surface area contributed by atoms with E-state index in [9.17, 15) is 0 Å². The minimum atomic E-state index is -0.275. The fourth-order valence-corrected chi connectivity index (χ4v) is 2.87. The Labute approximate surface area is 143 Å². The first-order valence-corrected chi connectivity index (χ1v) is 7.64. The summed E-state index contributed by atoms with van der Waals surface area (Å²) in [5.41, 5.74) is 13.3. The van der Waals surface area contributed by atoms with Crippen molar-refractivity contribution in [3.8, 4) is 5.75 Å². The molecule has 0 saturated heterocycles. The van der Waals surface area contributed by atoms with E-state index in [0.29, 0.717) is 12.3 Å². The minimum absolute atomic E-state index is 0. The van der Waals surface area contributed by atoms with Crippen LogP contribution in [0, 0.1) is 0 Å².